The van der Waals surface area contributed by atoms with Gasteiger partial charge in [0.25, 0.3) is 0 Å². The van der Waals surface area contributed by atoms with E-state index in [2.05, 4.69) is 47.4 Å². The summed E-state index contributed by atoms with van der Waals surface area (Å²) < 4.78 is 0. The number of carboxylic acids is 1. The van der Waals surface area contributed by atoms with Gasteiger partial charge in [-0.2, -0.15) is 0 Å². The van der Waals surface area contributed by atoms with Gasteiger partial charge in [0, 0.05) is 27.4 Å². The summed E-state index contributed by atoms with van der Waals surface area (Å²) in [6, 6.07) is 15.2. The van der Waals surface area contributed by atoms with Gasteiger partial charge >= 0.3 is 5.97 Å². The molecule has 0 amide bonds. The van der Waals surface area contributed by atoms with Crippen molar-refractivity contribution in [2.45, 2.75) is 77.6 Å². The molecule has 3 rings (SSSR count). The number of aromatic nitrogens is 1. The van der Waals surface area contributed by atoms with Gasteiger partial charge in [-0.25, -0.2) is 4.79 Å². The van der Waals surface area contributed by atoms with Gasteiger partial charge in [-0.05, 0) is 44.2 Å². The second kappa shape index (κ2) is 11.6. The lowest BCUT2D eigenvalue weighted by atomic mass is 10.0. The van der Waals surface area contributed by atoms with Crippen LogP contribution in [0.4, 0.5) is 0 Å². The number of rotatable bonds is 13. The average Bonchev–Trinajstić information content (AvgIpc) is 3.13. The van der Waals surface area contributed by atoms with E-state index < -0.39 is 5.97 Å². The Morgan fingerprint density at radius 1 is 0.833 bits per heavy atom. The van der Waals surface area contributed by atoms with Gasteiger partial charge in [0.05, 0.1) is 0 Å². The third-order valence-electron chi connectivity index (χ3n) is 6.07. The molecule has 3 aromatic rings. The lowest BCUT2D eigenvalue weighted by Gasteiger charge is -2.05. The van der Waals surface area contributed by atoms with Crippen molar-refractivity contribution in [3.8, 4) is 0 Å². The maximum atomic E-state index is 10.7. The highest BCUT2D eigenvalue weighted by Gasteiger charge is 2.07. The summed E-state index contributed by atoms with van der Waals surface area (Å²) in [4.78, 5) is 14.3. The Kier molecular flexibility index (Phi) is 8.55. The number of H-pyrrole nitrogens is 1. The standard InChI is InChI=1S/C27H35NO2/c1-21(27(29)30)15-10-8-6-4-2-3-5-7-9-11-16-22-17-14-19-24-23-18-12-13-20-25(23)28-26(22)24/h12-15,17-20,28H,2-11,16H2,1H3,(H,29,30). The number of para-hydroxylation sites is 2. The van der Waals surface area contributed by atoms with Crippen LogP contribution < -0.4 is 0 Å². The van der Waals surface area contributed by atoms with Crippen molar-refractivity contribution < 1.29 is 9.90 Å². The van der Waals surface area contributed by atoms with Gasteiger partial charge in [0.2, 0.25) is 0 Å². The van der Waals surface area contributed by atoms with Crippen LogP contribution in [-0.2, 0) is 11.2 Å². The summed E-state index contributed by atoms with van der Waals surface area (Å²) >= 11 is 0. The molecule has 2 aromatic carbocycles. The predicted molar refractivity (Wildman–Crippen MR) is 127 cm³/mol. The fourth-order valence-electron chi connectivity index (χ4n) is 4.25. The van der Waals surface area contributed by atoms with E-state index in [9.17, 15) is 4.79 Å². The number of benzene rings is 2. The first-order valence-electron chi connectivity index (χ1n) is 11.5. The molecular weight excluding hydrogens is 370 g/mol. The first-order chi connectivity index (χ1) is 14.7. The first kappa shape index (κ1) is 22.1. The molecule has 0 unspecified atom stereocenters. The molecule has 0 fully saturated rings. The summed E-state index contributed by atoms with van der Waals surface area (Å²) in [5.74, 6) is -0.798. The fourth-order valence-corrected chi connectivity index (χ4v) is 4.25. The van der Waals surface area contributed by atoms with Crippen LogP contribution in [0.1, 0.15) is 76.7 Å². The highest BCUT2D eigenvalue weighted by molar-refractivity contribution is 6.08. The number of hydrogen-bond donors (Lipinski definition) is 2. The van der Waals surface area contributed by atoms with Crippen LogP contribution in [0.3, 0.4) is 0 Å². The van der Waals surface area contributed by atoms with Crippen molar-refractivity contribution in [3.05, 3.63) is 59.7 Å². The monoisotopic (exact) mass is 405 g/mol. The zero-order valence-electron chi connectivity index (χ0n) is 18.3. The largest absolute Gasteiger partial charge is 0.478 e. The van der Waals surface area contributed by atoms with Gasteiger partial charge in [-0.1, -0.05) is 87.4 Å². The third kappa shape index (κ3) is 6.22. The van der Waals surface area contributed by atoms with E-state index in [1.165, 1.54) is 78.7 Å². The zero-order valence-corrected chi connectivity index (χ0v) is 18.3. The van der Waals surface area contributed by atoms with E-state index in [4.69, 9.17) is 5.11 Å². The lowest BCUT2D eigenvalue weighted by molar-refractivity contribution is -0.132. The average molecular weight is 406 g/mol. The number of nitrogens with one attached hydrogen (secondary N) is 1. The van der Waals surface area contributed by atoms with Crippen LogP contribution in [0, 0.1) is 0 Å². The smallest absolute Gasteiger partial charge is 0.330 e. The zero-order chi connectivity index (χ0) is 21.2. The number of unbranched alkanes of at least 4 members (excludes halogenated alkanes) is 9. The topological polar surface area (TPSA) is 53.1 Å². The molecule has 1 aromatic heterocycles. The molecule has 2 N–H and O–H groups in total. The first-order valence-corrected chi connectivity index (χ1v) is 11.5. The van der Waals surface area contributed by atoms with Gasteiger partial charge in [-0.15, -0.1) is 0 Å². The van der Waals surface area contributed by atoms with Gasteiger partial charge in [-0.3, -0.25) is 0 Å². The van der Waals surface area contributed by atoms with Crippen molar-refractivity contribution in [2.75, 3.05) is 0 Å². The van der Waals surface area contributed by atoms with Crippen molar-refractivity contribution >= 4 is 27.8 Å². The molecular formula is C27H35NO2. The number of hydrogen-bond acceptors (Lipinski definition) is 1. The number of aryl methyl sites for hydroxylation is 1. The summed E-state index contributed by atoms with van der Waals surface area (Å²) in [6.45, 7) is 1.67. The van der Waals surface area contributed by atoms with Crippen LogP contribution in [-0.4, -0.2) is 16.1 Å². The molecule has 3 heteroatoms. The van der Waals surface area contributed by atoms with Crippen LogP contribution in [0.15, 0.2) is 54.1 Å². The lowest BCUT2D eigenvalue weighted by Crippen LogP contribution is -1.95. The van der Waals surface area contributed by atoms with E-state index >= 15 is 0 Å². The minimum Gasteiger partial charge on any atom is -0.478 e. The van der Waals surface area contributed by atoms with Crippen LogP contribution in [0.5, 0.6) is 0 Å². The molecule has 160 valence electrons. The Hall–Kier alpha value is -2.55. The molecule has 0 saturated carbocycles. The molecule has 0 spiro atoms. The van der Waals surface area contributed by atoms with E-state index in [1.807, 2.05) is 6.08 Å². The Morgan fingerprint density at radius 3 is 2.20 bits per heavy atom. The third-order valence-corrected chi connectivity index (χ3v) is 6.07. The maximum absolute atomic E-state index is 10.7. The van der Waals surface area contributed by atoms with Crippen LogP contribution >= 0.6 is 0 Å². The van der Waals surface area contributed by atoms with Crippen molar-refractivity contribution in [3.63, 3.8) is 0 Å². The molecule has 3 nitrogen and oxygen atoms in total. The molecule has 0 aliphatic carbocycles. The van der Waals surface area contributed by atoms with Gasteiger partial charge < -0.3 is 10.1 Å². The maximum Gasteiger partial charge on any atom is 0.330 e. The Labute approximate surface area is 180 Å². The second-order valence-corrected chi connectivity index (χ2v) is 8.42. The van der Waals surface area contributed by atoms with Crippen molar-refractivity contribution in [1.82, 2.24) is 4.98 Å². The number of aromatic amines is 1. The second-order valence-electron chi connectivity index (χ2n) is 8.42. The van der Waals surface area contributed by atoms with E-state index in [0.717, 1.165) is 19.3 Å². The number of aliphatic carboxylic acids is 1. The van der Waals surface area contributed by atoms with E-state index in [0.29, 0.717) is 5.57 Å². The Balaban J connectivity index is 1.28. The van der Waals surface area contributed by atoms with Crippen molar-refractivity contribution in [2.24, 2.45) is 0 Å². The summed E-state index contributed by atoms with van der Waals surface area (Å²) in [7, 11) is 0. The van der Waals surface area contributed by atoms with Crippen LogP contribution in [0.25, 0.3) is 21.8 Å². The summed E-state index contributed by atoms with van der Waals surface area (Å²) in [5, 5.41) is 11.5. The molecule has 0 aliphatic rings. The highest BCUT2D eigenvalue weighted by atomic mass is 16.4. The van der Waals surface area contributed by atoms with Gasteiger partial charge in [0.1, 0.15) is 0 Å². The molecule has 0 aliphatic heterocycles. The predicted octanol–water partition coefficient (Wildman–Crippen LogP) is 7.80. The van der Waals surface area contributed by atoms with Crippen molar-refractivity contribution in [1.29, 1.82) is 0 Å². The SMILES string of the molecule is CC(=CCCCCCCCCCCCc1cccc2c1[nH]c1ccccc12)C(=O)O. The Morgan fingerprint density at radius 2 is 1.47 bits per heavy atom. The number of fused-ring (bicyclic) bond motifs is 3. The fraction of sp³-hybridized carbons (Fsp3) is 0.444. The number of carboxylic acid groups (broad SMARTS) is 1. The normalized spacial score (nSPS) is 12.1. The summed E-state index contributed by atoms with van der Waals surface area (Å²) in [5.41, 5.74) is 4.45. The quantitative estimate of drug-likeness (QED) is 0.225. The minimum absolute atomic E-state index is 0.468. The van der Waals surface area contributed by atoms with Gasteiger partial charge in [0.15, 0.2) is 0 Å². The van der Waals surface area contributed by atoms with E-state index in [1.54, 1.807) is 6.92 Å². The van der Waals surface area contributed by atoms with Crippen LogP contribution in [0.2, 0.25) is 0 Å². The molecule has 30 heavy (non-hydrogen) atoms. The molecule has 0 saturated heterocycles. The molecule has 1 heterocycles. The Bertz CT molecular complexity index is 983. The molecule has 0 bridgehead atoms. The number of allylic oxidation sites excluding steroid dienone is 1. The minimum atomic E-state index is -0.798. The molecule has 0 atom stereocenters. The molecule has 0 radical (unpaired) electrons. The highest BCUT2D eigenvalue weighted by Crippen LogP contribution is 2.28. The number of carbonyl (C=O) groups is 1. The summed E-state index contributed by atoms with van der Waals surface area (Å²) in [6.07, 6.45) is 15.3. The van der Waals surface area contributed by atoms with E-state index in [-0.39, 0.29) is 0 Å².